The highest BCUT2D eigenvalue weighted by Gasteiger charge is 2.49. The molecule has 2 amide bonds. The predicted octanol–water partition coefficient (Wildman–Crippen LogP) is 4.11. The van der Waals surface area contributed by atoms with Gasteiger partial charge in [0, 0.05) is 46.8 Å². The zero-order chi connectivity index (χ0) is 26.4. The lowest BCUT2D eigenvalue weighted by Gasteiger charge is -2.47. The van der Waals surface area contributed by atoms with Crippen molar-refractivity contribution in [2.75, 3.05) is 68.5 Å². The van der Waals surface area contributed by atoms with Crippen molar-refractivity contribution >= 4 is 29.6 Å². The van der Waals surface area contributed by atoms with Crippen LogP contribution in [0.3, 0.4) is 0 Å². The number of ether oxygens (including phenoxy) is 1. The van der Waals surface area contributed by atoms with E-state index in [4.69, 9.17) is 4.74 Å². The zero-order valence-corrected chi connectivity index (χ0v) is 22.1. The first-order chi connectivity index (χ1) is 16.4. The lowest BCUT2D eigenvalue weighted by Crippen LogP contribution is -2.62. The van der Waals surface area contributed by atoms with Gasteiger partial charge in [-0.3, -0.25) is 9.69 Å². The molecule has 2 aliphatic heterocycles. The number of carbonyl (C=O) groups excluding carboxylic acids is 2. The molecule has 0 radical (unpaired) electrons. The first-order valence-corrected chi connectivity index (χ1v) is 12.3. The summed E-state index contributed by atoms with van der Waals surface area (Å²) in [7, 11) is 3.81. The number of benzene rings is 1. The van der Waals surface area contributed by atoms with Gasteiger partial charge in [0.25, 0.3) is 5.92 Å². The molecular formula is C25H41F2N5O3. The second kappa shape index (κ2) is 11.9. The predicted molar refractivity (Wildman–Crippen MR) is 137 cm³/mol. The van der Waals surface area contributed by atoms with Gasteiger partial charge in [-0.2, -0.15) is 0 Å². The van der Waals surface area contributed by atoms with E-state index in [9.17, 15) is 9.59 Å². The molecule has 0 spiro atoms. The number of alkyl halides is 2. The number of carbonyl (C=O) groups is 2. The summed E-state index contributed by atoms with van der Waals surface area (Å²) in [6.45, 7) is 11.0. The second-order valence-electron chi connectivity index (χ2n) is 9.82. The average Bonchev–Trinajstić information content (AvgIpc) is 2.79. The van der Waals surface area contributed by atoms with E-state index in [0.717, 1.165) is 16.3 Å². The van der Waals surface area contributed by atoms with Crippen molar-refractivity contribution in [1.82, 2.24) is 9.80 Å². The minimum atomic E-state index is -3.01. The molecule has 2 heterocycles. The fourth-order valence-corrected chi connectivity index (χ4v) is 4.57. The van der Waals surface area contributed by atoms with Crippen molar-refractivity contribution in [2.45, 2.75) is 58.6 Å². The molecular weight excluding hydrogens is 456 g/mol. The van der Waals surface area contributed by atoms with E-state index < -0.39 is 30.2 Å². The van der Waals surface area contributed by atoms with Crippen LogP contribution in [0.5, 0.6) is 0 Å². The Morgan fingerprint density at radius 3 is 2.29 bits per heavy atom. The molecule has 1 aromatic rings. The van der Waals surface area contributed by atoms with Crippen LogP contribution >= 0.6 is 0 Å². The summed E-state index contributed by atoms with van der Waals surface area (Å²) in [5.41, 5.74) is 1.83. The van der Waals surface area contributed by atoms with Gasteiger partial charge in [-0.05, 0) is 39.3 Å². The van der Waals surface area contributed by atoms with Crippen LogP contribution in [0.4, 0.5) is 30.6 Å². The van der Waals surface area contributed by atoms with E-state index in [1.165, 1.54) is 0 Å². The van der Waals surface area contributed by atoms with Gasteiger partial charge in [-0.25, -0.2) is 13.6 Å². The molecule has 1 unspecified atom stereocenters. The molecule has 1 atom stereocenters. The molecule has 1 aromatic carbocycles. The normalized spacial score (nSPS) is 20.4. The summed E-state index contributed by atoms with van der Waals surface area (Å²) in [4.78, 5) is 30.3. The molecule has 0 saturated carbocycles. The smallest absolute Gasteiger partial charge is 0.410 e. The number of amides is 2. The van der Waals surface area contributed by atoms with E-state index >= 15 is 8.78 Å². The molecule has 2 saturated heterocycles. The Morgan fingerprint density at radius 1 is 1.14 bits per heavy atom. The van der Waals surface area contributed by atoms with Gasteiger partial charge >= 0.3 is 6.09 Å². The molecule has 35 heavy (non-hydrogen) atoms. The van der Waals surface area contributed by atoms with Crippen molar-refractivity contribution < 1.29 is 23.1 Å². The highest BCUT2D eigenvalue weighted by molar-refractivity contribution is 5.89. The van der Waals surface area contributed by atoms with Gasteiger partial charge < -0.3 is 24.8 Å². The molecule has 2 fully saturated rings. The maximum absolute atomic E-state index is 15.1. The number of para-hydroxylation sites is 1. The number of likely N-dealkylation sites (tertiary alicyclic amines) is 1. The first kappa shape index (κ1) is 28.6. The van der Waals surface area contributed by atoms with Gasteiger partial charge in [-0.1, -0.05) is 19.9 Å². The van der Waals surface area contributed by atoms with Crippen molar-refractivity contribution in [2.24, 2.45) is 0 Å². The number of nitrogens with one attached hydrogen (secondary N) is 1. The van der Waals surface area contributed by atoms with Crippen molar-refractivity contribution in [1.29, 1.82) is 0 Å². The number of hydrogen-bond acceptors (Lipinski definition) is 6. The van der Waals surface area contributed by atoms with Crippen LogP contribution in [0.25, 0.3) is 0 Å². The molecule has 198 valence electrons. The van der Waals surface area contributed by atoms with E-state index in [0.29, 0.717) is 38.3 Å². The SMILES string of the molecule is CC.CN(C)c1c(NC=O)cccc1N1CCN(C2CCN(C(=O)OC(C)(C)C)CC2(F)F)CC1. The van der Waals surface area contributed by atoms with Crippen molar-refractivity contribution in [3.05, 3.63) is 18.2 Å². The molecule has 0 bridgehead atoms. The zero-order valence-electron chi connectivity index (χ0n) is 22.1. The van der Waals surface area contributed by atoms with Crippen molar-refractivity contribution in [3.8, 4) is 0 Å². The summed E-state index contributed by atoms with van der Waals surface area (Å²) in [5, 5.41) is 2.73. The van der Waals surface area contributed by atoms with Gasteiger partial charge in [0.1, 0.15) is 5.60 Å². The minimum Gasteiger partial charge on any atom is -0.444 e. The van der Waals surface area contributed by atoms with Crippen molar-refractivity contribution in [3.63, 3.8) is 0 Å². The summed E-state index contributed by atoms with van der Waals surface area (Å²) in [6.07, 6.45) is 0.162. The Hall–Kier alpha value is -2.62. The molecule has 0 aliphatic carbocycles. The van der Waals surface area contributed by atoms with E-state index in [1.54, 1.807) is 20.8 Å². The number of nitrogens with zero attached hydrogens (tertiary/aromatic N) is 4. The number of halogens is 2. The fraction of sp³-hybridized carbons (Fsp3) is 0.680. The standard InChI is InChI=1S/C23H35F2N5O3.C2H6/c1-22(2,3)33-21(32)30-10-9-19(23(24,25)15-30)29-13-11-28(12-14-29)18-8-6-7-17(26-16-31)20(18)27(4)5;1-2/h6-8,16,19H,9-15H2,1-5H3,(H,26,31);1-2H3. The molecule has 3 rings (SSSR count). The third kappa shape index (κ3) is 7.19. The van der Waals surface area contributed by atoms with Crippen LogP contribution in [0.15, 0.2) is 18.2 Å². The number of rotatable bonds is 5. The third-order valence-electron chi connectivity index (χ3n) is 5.99. The highest BCUT2D eigenvalue weighted by atomic mass is 19.3. The molecule has 2 aliphatic rings. The molecule has 1 N–H and O–H groups in total. The number of anilines is 3. The fourth-order valence-electron chi connectivity index (χ4n) is 4.57. The van der Waals surface area contributed by atoms with Crippen LogP contribution < -0.4 is 15.1 Å². The number of piperidine rings is 1. The summed E-state index contributed by atoms with van der Waals surface area (Å²) >= 11 is 0. The Balaban J connectivity index is 0.00000210. The second-order valence-corrected chi connectivity index (χ2v) is 9.82. The molecule has 8 nitrogen and oxygen atoms in total. The topological polar surface area (TPSA) is 68.4 Å². The lowest BCUT2D eigenvalue weighted by molar-refractivity contribution is -0.126. The van der Waals surface area contributed by atoms with Crippen LogP contribution in [0.2, 0.25) is 0 Å². The van der Waals surface area contributed by atoms with Crippen LogP contribution in [-0.4, -0.2) is 93.2 Å². The highest BCUT2D eigenvalue weighted by Crippen LogP contribution is 2.37. The van der Waals surface area contributed by atoms with Crippen LogP contribution in [0.1, 0.15) is 41.0 Å². The third-order valence-corrected chi connectivity index (χ3v) is 5.99. The summed E-state index contributed by atoms with van der Waals surface area (Å²) < 4.78 is 35.4. The van der Waals surface area contributed by atoms with E-state index in [1.807, 2.05) is 55.9 Å². The first-order valence-electron chi connectivity index (χ1n) is 12.3. The number of piperazine rings is 1. The van der Waals surface area contributed by atoms with Gasteiger partial charge in [0.2, 0.25) is 6.41 Å². The minimum absolute atomic E-state index is 0.202. The average molecular weight is 498 g/mol. The largest absolute Gasteiger partial charge is 0.444 e. The Labute approximate surface area is 208 Å². The number of hydrogen-bond donors (Lipinski definition) is 1. The van der Waals surface area contributed by atoms with Crippen LogP contribution in [0, 0.1) is 0 Å². The van der Waals surface area contributed by atoms with Gasteiger partial charge in [0.05, 0.1) is 29.6 Å². The van der Waals surface area contributed by atoms with Crippen LogP contribution in [-0.2, 0) is 9.53 Å². The molecule has 0 aromatic heterocycles. The molecule has 10 heteroatoms. The Bertz CT molecular complexity index is 852. The maximum atomic E-state index is 15.1. The van der Waals surface area contributed by atoms with E-state index in [-0.39, 0.29) is 13.0 Å². The maximum Gasteiger partial charge on any atom is 0.410 e. The van der Waals surface area contributed by atoms with E-state index in [2.05, 4.69) is 10.2 Å². The lowest BCUT2D eigenvalue weighted by atomic mass is 9.98. The Kier molecular flexibility index (Phi) is 9.71. The van der Waals surface area contributed by atoms with Gasteiger partial charge in [-0.15, -0.1) is 0 Å². The summed E-state index contributed by atoms with van der Waals surface area (Å²) in [5.74, 6) is -3.01. The Morgan fingerprint density at radius 2 is 1.77 bits per heavy atom. The van der Waals surface area contributed by atoms with Gasteiger partial charge in [0.15, 0.2) is 0 Å². The monoisotopic (exact) mass is 497 g/mol. The summed E-state index contributed by atoms with van der Waals surface area (Å²) in [6, 6.07) is 4.79. The quantitative estimate of drug-likeness (QED) is 0.618.